The van der Waals surface area contributed by atoms with Crippen molar-refractivity contribution in [2.75, 3.05) is 0 Å². The van der Waals surface area contributed by atoms with Crippen LogP contribution in [0.25, 0.3) is 0 Å². The first kappa shape index (κ1) is 13.3. The third-order valence-electron chi connectivity index (χ3n) is 2.00. The lowest BCUT2D eigenvalue weighted by atomic mass is 10.1. The summed E-state index contributed by atoms with van der Waals surface area (Å²) in [6, 6.07) is 0. The summed E-state index contributed by atoms with van der Waals surface area (Å²) < 4.78 is 0. The molecule has 0 nitrogen and oxygen atoms in total. The standard InChI is InChI=1S/C13H20S/c1-6-9-11(4)12(5)13(10-7-2)14-8-3/h7-10H,3,6H2,1-2,4-5H3/b10-7-,11-9-,13-12+. The van der Waals surface area contributed by atoms with Crippen molar-refractivity contribution >= 4 is 11.8 Å². The van der Waals surface area contributed by atoms with Crippen LogP contribution < -0.4 is 0 Å². The van der Waals surface area contributed by atoms with Crippen LogP contribution >= 0.6 is 11.8 Å². The van der Waals surface area contributed by atoms with E-state index >= 15 is 0 Å². The molecule has 0 aromatic rings. The molecule has 78 valence electrons. The quantitative estimate of drug-likeness (QED) is 0.568. The summed E-state index contributed by atoms with van der Waals surface area (Å²) >= 11 is 1.68. The Balaban J connectivity index is 4.96. The predicted octanol–water partition coefficient (Wildman–Crippen LogP) is 5.07. The van der Waals surface area contributed by atoms with Gasteiger partial charge in [0.05, 0.1) is 0 Å². The number of allylic oxidation sites excluding steroid dienone is 5. The highest BCUT2D eigenvalue weighted by Gasteiger charge is 1.99. The lowest BCUT2D eigenvalue weighted by Crippen LogP contribution is -1.83. The molecule has 0 bridgehead atoms. The van der Waals surface area contributed by atoms with E-state index in [0.29, 0.717) is 0 Å². The second kappa shape index (κ2) is 7.69. The summed E-state index contributed by atoms with van der Waals surface area (Å²) in [5.74, 6) is 0. The summed E-state index contributed by atoms with van der Waals surface area (Å²) in [5, 5.41) is 1.87. The molecular formula is C13H20S. The van der Waals surface area contributed by atoms with Gasteiger partial charge in [-0.1, -0.05) is 49.1 Å². The second-order valence-corrected chi connectivity index (χ2v) is 4.08. The largest absolute Gasteiger partial charge is 0.0984 e. The minimum atomic E-state index is 1.09. The van der Waals surface area contributed by atoms with E-state index in [9.17, 15) is 0 Å². The molecule has 0 aliphatic rings. The van der Waals surface area contributed by atoms with Crippen LogP contribution in [-0.2, 0) is 0 Å². The van der Waals surface area contributed by atoms with Gasteiger partial charge in [-0.05, 0) is 38.2 Å². The summed E-state index contributed by atoms with van der Waals surface area (Å²) in [6.45, 7) is 12.3. The van der Waals surface area contributed by atoms with Gasteiger partial charge in [0, 0.05) is 4.91 Å². The molecular weight excluding hydrogens is 188 g/mol. The molecule has 0 saturated carbocycles. The van der Waals surface area contributed by atoms with Gasteiger partial charge >= 0.3 is 0 Å². The van der Waals surface area contributed by atoms with E-state index in [4.69, 9.17) is 0 Å². The van der Waals surface area contributed by atoms with Crippen molar-refractivity contribution in [1.29, 1.82) is 0 Å². The van der Waals surface area contributed by atoms with Crippen molar-refractivity contribution < 1.29 is 0 Å². The maximum absolute atomic E-state index is 3.75. The molecule has 0 rings (SSSR count). The number of rotatable bonds is 5. The summed E-state index contributed by atoms with van der Waals surface area (Å²) in [6.07, 6.45) is 7.54. The van der Waals surface area contributed by atoms with Crippen molar-refractivity contribution in [3.63, 3.8) is 0 Å². The molecule has 0 aliphatic carbocycles. The highest BCUT2D eigenvalue weighted by atomic mass is 32.2. The highest BCUT2D eigenvalue weighted by molar-refractivity contribution is 8.06. The summed E-state index contributed by atoms with van der Waals surface area (Å²) in [4.78, 5) is 1.28. The van der Waals surface area contributed by atoms with Gasteiger partial charge in [-0.25, -0.2) is 0 Å². The zero-order valence-electron chi connectivity index (χ0n) is 9.63. The molecule has 1 heteroatoms. The summed E-state index contributed by atoms with van der Waals surface area (Å²) in [5.41, 5.74) is 2.70. The number of hydrogen-bond acceptors (Lipinski definition) is 1. The van der Waals surface area contributed by atoms with Crippen LogP contribution in [0.2, 0.25) is 0 Å². The van der Waals surface area contributed by atoms with Crippen LogP contribution in [0.4, 0.5) is 0 Å². The second-order valence-electron chi connectivity index (χ2n) is 3.07. The Kier molecular flexibility index (Phi) is 7.31. The third-order valence-corrected chi connectivity index (χ3v) is 2.86. The Morgan fingerprint density at radius 2 is 2.00 bits per heavy atom. The maximum Gasteiger partial charge on any atom is 0.0144 e. The van der Waals surface area contributed by atoms with Gasteiger partial charge in [0.25, 0.3) is 0 Å². The van der Waals surface area contributed by atoms with E-state index in [1.54, 1.807) is 11.8 Å². The summed E-state index contributed by atoms with van der Waals surface area (Å²) in [7, 11) is 0. The monoisotopic (exact) mass is 208 g/mol. The van der Waals surface area contributed by atoms with Crippen molar-refractivity contribution in [1.82, 2.24) is 0 Å². The van der Waals surface area contributed by atoms with Gasteiger partial charge in [-0.2, -0.15) is 0 Å². The molecule has 0 heterocycles. The fraction of sp³-hybridized carbons (Fsp3) is 0.385. The average molecular weight is 208 g/mol. The van der Waals surface area contributed by atoms with Gasteiger partial charge in [0.1, 0.15) is 0 Å². The number of hydrogen-bond donors (Lipinski definition) is 0. The Morgan fingerprint density at radius 3 is 2.43 bits per heavy atom. The van der Waals surface area contributed by atoms with Crippen LogP contribution in [0.3, 0.4) is 0 Å². The van der Waals surface area contributed by atoms with Crippen molar-refractivity contribution in [3.05, 3.63) is 46.3 Å². The van der Waals surface area contributed by atoms with Gasteiger partial charge in [0.15, 0.2) is 0 Å². The van der Waals surface area contributed by atoms with E-state index < -0.39 is 0 Å². The molecule has 0 aromatic heterocycles. The molecule has 0 spiro atoms. The van der Waals surface area contributed by atoms with E-state index in [1.807, 2.05) is 12.3 Å². The average Bonchev–Trinajstić information content (AvgIpc) is 2.17. The van der Waals surface area contributed by atoms with Gasteiger partial charge < -0.3 is 0 Å². The van der Waals surface area contributed by atoms with Crippen LogP contribution in [-0.4, -0.2) is 0 Å². The first-order valence-electron chi connectivity index (χ1n) is 4.95. The highest BCUT2D eigenvalue weighted by Crippen LogP contribution is 2.26. The smallest absolute Gasteiger partial charge is 0.0144 e. The van der Waals surface area contributed by atoms with E-state index in [-0.39, 0.29) is 0 Å². The maximum atomic E-state index is 3.75. The molecule has 0 saturated heterocycles. The van der Waals surface area contributed by atoms with E-state index in [0.717, 1.165) is 6.42 Å². The lowest BCUT2D eigenvalue weighted by Gasteiger charge is -2.06. The molecule has 0 N–H and O–H groups in total. The van der Waals surface area contributed by atoms with Crippen LogP contribution in [0, 0.1) is 0 Å². The topological polar surface area (TPSA) is 0 Å². The molecule has 0 amide bonds. The van der Waals surface area contributed by atoms with Crippen molar-refractivity contribution in [3.8, 4) is 0 Å². The van der Waals surface area contributed by atoms with Crippen molar-refractivity contribution in [2.24, 2.45) is 0 Å². The van der Waals surface area contributed by atoms with Gasteiger partial charge in [0.2, 0.25) is 0 Å². The van der Waals surface area contributed by atoms with E-state index in [2.05, 4.69) is 45.6 Å². The van der Waals surface area contributed by atoms with Crippen LogP contribution in [0.5, 0.6) is 0 Å². The normalized spacial score (nSPS) is 14.4. The van der Waals surface area contributed by atoms with Gasteiger partial charge in [-0.15, -0.1) is 0 Å². The molecule has 14 heavy (non-hydrogen) atoms. The first-order valence-corrected chi connectivity index (χ1v) is 5.83. The zero-order chi connectivity index (χ0) is 11.0. The molecule has 0 fully saturated rings. The minimum absolute atomic E-state index is 1.09. The number of thioether (sulfide) groups is 1. The zero-order valence-corrected chi connectivity index (χ0v) is 10.4. The fourth-order valence-electron chi connectivity index (χ4n) is 1.15. The van der Waals surface area contributed by atoms with Gasteiger partial charge in [-0.3, -0.25) is 0 Å². The molecule has 0 radical (unpaired) electrons. The molecule has 0 aromatic carbocycles. The predicted molar refractivity (Wildman–Crippen MR) is 69.4 cm³/mol. The molecule has 0 unspecified atom stereocenters. The fourth-order valence-corrected chi connectivity index (χ4v) is 1.88. The van der Waals surface area contributed by atoms with Crippen LogP contribution in [0.15, 0.2) is 46.3 Å². The third kappa shape index (κ3) is 4.52. The Labute approximate surface area is 92.5 Å². The Morgan fingerprint density at radius 1 is 1.36 bits per heavy atom. The lowest BCUT2D eigenvalue weighted by molar-refractivity contribution is 1.17. The molecule has 0 aliphatic heterocycles. The Bertz CT molecular complexity index is 267. The van der Waals surface area contributed by atoms with Crippen LogP contribution in [0.1, 0.15) is 34.1 Å². The van der Waals surface area contributed by atoms with Crippen molar-refractivity contribution in [2.45, 2.75) is 34.1 Å². The SMILES string of the molecule is C=CSC(/C=C\C)=C(C)/C(C)=C\CC. The van der Waals surface area contributed by atoms with E-state index in [1.165, 1.54) is 16.1 Å². The minimum Gasteiger partial charge on any atom is -0.0984 e. The first-order chi connectivity index (χ1) is 6.67. The Hall–Kier alpha value is -0.690. The molecule has 0 atom stereocenters.